The van der Waals surface area contributed by atoms with Crippen LogP contribution in [0.4, 0.5) is 11.4 Å². The predicted octanol–water partition coefficient (Wildman–Crippen LogP) is 0.669. The van der Waals surface area contributed by atoms with E-state index in [0.717, 1.165) is 6.07 Å². The molecule has 19 heavy (non-hydrogen) atoms. The molecular formula is C11H13N3O5. The van der Waals surface area contributed by atoms with E-state index in [1.165, 1.54) is 12.1 Å². The Morgan fingerprint density at radius 1 is 1.47 bits per heavy atom. The van der Waals surface area contributed by atoms with E-state index in [-0.39, 0.29) is 30.1 Å². The fraction of sp³-hybridized carbons (Fsp3) is 0.273. The third kappa shape index (κ3) is 3.95. The molecule has 1 amide bonds. The molecule has 0 aromatic heterocycles. The number of primary amides is 1. The number of amides is 1. The maximum Gasteiger partial charge on any atom is 0.325 e. The summed E-state index contributed by atoms with van der Waals surface area (Å²) in [6.45, 7) is 1.74. The summed E-state index contributed by atoms with van der Waals surface area (Å²) in [6.07, 6.45) is 0. The molecule has 0 aliphatic rings. The van der Waals surface area contributed by atoms with Crippen molar-refractivity contribution in [3.05, 3.63) is 33.9 Å². The number of nitrogens with one attached hydrogen (secondary N) is 1. The Hall–Kier alpha value is -2.64. The number of non-ortho nitro benzene ring substituents is 1. The molecule has 8 nitrogen and oxygen atoms in total. The Kier molecular flexibility index (Phi) is 4.81. The summed E-state index contributed by atoms with van der Waals surface area (Å²) in [5.41, 5.74) is 5.06. The Labute approximate surface area is 108 Å². The van der Waals surface area contributed by atoms with Crippen molar-refractivity contribution in [3.8, 4) is 0 Å². The van der Waals surface area contributed by atoms with E-state index in [9.17, 15) is 19.7 Å². The summed E-state index contributed by atoms with van der Waals surface area (Å²) in [5.74, 6) is -1.33. The van der Waals surface area contributed by atoms with Gasteiger partial charge in [0.15, 0.2) is 0 Å². The van der Waals surface area contributed by atoms with Crippen LogP contribution in [0.15, 0.2) is 18.2 Å². The first-order chi connectivity index (χ1) is 8.95. The van der Waals surface area contributed by atoms with Crippen molar-refractivity contribution in [1.29, 1.82) is 0 Å². The number of nitrogens with zero attached hydrogens (tertiary/aromatic N) is 1. The summed E-state index contributed by atoms with van der Waals surface area (Å²) in [4.78, 5) is 32.3. The average Bonchev–Trinajstić information content (AvgIpc) is 2.36. The minimum Gasteiger partial charge on any atom is -0.465 e. The number of nitrogens with two attached hydrogens (primary N) is 1. The van der Waals surface area contributed by atoms with Crippen LogP contribution in [0.25, 0.3) is 0 Å². The molecule has 0 spiro atoms. The highest BCUT2D eigenvalue weighted by Gasteiger charge is 2.15. The average molecular weight is 267 g/mol. The Morgan fingerprint density at radius 2 is 2.16 bits per heavy atom. The first kappa shape index (κ1) is 14.4. The normalized spacial score (nSPS) is 9.74. The van der Waals surface area contributed by atoms with Gasteiger partial charge in [-0.3, -0.25) is 19.7 Å². The first-order valence-electron chi connectivity index (χ1n) is 5.43. The Bertz CT molecular complexity index is 515. The third-order valence-corrected chi connectivity index (χ3v) is 2.21. The molecule has 102 valence electrons. The van der Waals surface area contributed by atoms with E-state index in [1.54, 1.807) is 6.92 Å². The molecule has 0 fully saturated rings. The van der Waals surface area contributed by atoms with Crippen LogP contribution >= 0.6 is 0 Å². The maximum atomic E-state index is 11.2. The lowest BCUT2D eigenvalue weighted by molar-refractivity contribution is -0.384. The van der Waals surface area contributed by atoms with Gasteiger partial charge in [-0.1, -0.05) is 0 Å². The molecule has 0 saturated heterocycles. The fourth-order valence-corrected chi connectivity index (χ4v) is 1.38. The van der Waals surface area contributed by atoms with E-state index < -0.39 is 16.8 Å². The zero-order valence-electron chi connectivity index (χ0n) is 10.2. The number of benzene rings is 1. The second-order valence-corrected chi connectivity index (χ2v) is 3.51. The number of rotatable bonds is 6. The molecule has 0 aliphatic heterocycles. The predicted molar refractivity (Wildman–Crippen MR) is 66.7 cm³/mol. The number of esters is 1. The monoisotopic (exact) mass is 267 g/mol. The van der Waals surface area contributed by atoms with Gasteiger partial charge in [0.1, 0.15) is 6.54 Å². The number of hydrogen-bond acceptors (Lipinski definition) is 6. The molecule has 0 heterocycles. The minimum atomic E-state index is -0.824. The SMILES string of the molecule is CCOC(=O)CNc1ccc([N+](=O)[O-])cc1C(N)=O. The molecule has 0 aliphatic carbocycles. The molecule has 1 rings (SSSR count). The molecule has 8 heteroatoms. The summed E-state index contributed by atoms with van der Waals surface area (Å²) < 4.78 is 4.70. The van der Waals surface area contributed by atoms with Crippen molar-refractivity contribution < 1.29 is 19.2 Å². The van der Waals surface area contributed by atoms with Gasteiger partial charge < -0.3 is 15.8 Å². The van der Waals surface area contributed by atoms with Gasteiger partial charge in [0.2, 0.25) is 0 Å². The Balaban J connectivity index is 2.91. The third-order valence-electron chi connectivity index (χ3n) is 2.21. The van der Waals surface area contributed by atoms with Crippen LogP contribution in [0.5, 0.6) is 0 Å². The van der Waals surface area contributed by atoms with Crippen LogP contribution in [0.1, 0.15) is 17.3 Å². The van der Waals surface area contributed by atoms with Crippen LogP contribution in [0.3, 0.4) is 0 Å². The van der Waals surface area contributed by atoms with Gasteiger partial charge in [0.05, 0.1) is 17.1 Å². The smallest absolute Gasteiger partial charge is 0.325 e. The van der Waals surface area contributed by atoms with Gasteiger partial charge >= 0.3 is 5.97 Å². The highest BCUT2D eigenvalue weighted by atomic mass is 16.6. The number of nitro groups is 1. The molecule has 0 atom stereocenters. The lowest BCUT2D eigenvalue weighted by Gasteiger charge is -2.09. The molecule has 1 aromatic rings. The number of carbonyl (C=O) groups is 2. The molecular weight excluding hydrogens is 254 g/mol. The molecule has 3 N–H and O–H groups in total. The van der Waals surface area contributed by atoms with Gasteiger partial charge in [-0.2, -0.15) is 0 Å². The van der Waals surface area contributed by atoms with Crippen molar-refractivity contribution in [1.82, 2.24) is 0 Å². The van der Waals surface area contributed by atoms with Gasteiger partial charge in [-0.05, 0) is 13.0 Å². The lowest BCUT2D eigenvalue weighted by Crippen LogP contribution is -2.20. The second-order valence-electron chi connectivity index (χ2n) is 3.51. The van der Waals surface area contributed by atoms with Gasteiger partial charge in [0.25, 0.3) is 11.6 Å². The quantitative estimate of drug-likeness (QED) is 0.443. The van der Waals surface area contributed by atoms with Crippen molar-refractivity contribution in [2.75, 3.05) is 18.5 Å². The van der Waals surface area contributed by atoms with Crippen LogP contribution in [-0.4, -0.2) is 30.0 Å². The highest BCUT2D eigenvalue weighted by molar-refractivity contribution is 5.99. The van der Waals surface area contributed by atoms with Gasteiger partial charge in [-0.25, -0.2) is 0 Å². The van der Waals surface area contributed by atoms with Gasteiger partial charge in [-0.15, -0.1) is 0 Å². The van der Waals surface area contributed by atoms with Crippen LogP contribution in [0.2, 0.25) is 0 Å². The summed E-state index contributed by atoms with van der Waals surface area (Å²) in [7, 11) is 0. The second kappa shape index (κ2) is 6.34. The zero-order valence-corrected chi connectivity index (χ0v) is 10.2. The number of ether oxygens (including phenoxy) is 1. The van der Waals surface area contributed by atoms with Crippen LogP contribution < -0.4 is 11.1 Å². The molecule has 1 aromatic carbocycles. The van der Waals surface area contributed by atoms with Crippen molar-refractivity contribution in [2.24, 2.45) is 5.73 Å². The number of anilines is 1. The standard InChI is InChI=1S/C11H13N3O5/c1-2-19-10(15)6-13-9-4-3-7(14(17)18)5-8(9)11(12)16/h3-5,13H,2,6H2,1H3,(H2,12,16). The summed E-state index contributed by atoms with van der Waals surface area (Å²) >= 11 is 0. The fourth-order valence-electron chi connectivity index (χ4n) is 1.38. The molecule has 0 radical (unpaired) electrons. The zero-order chi connectivity index (χ0) is 14.4. The number of hydrogen-bond donors (Lipinski definition) is 2. The molecule has 0 unspecified atom stereocenters. The van der Waals surface area contributed by atoms with E-state index in [4.69, 9.17) is 10.5 Å². The maximum absolute atomic E-state index is 11.2. The molecule has 0 saturated carbocycles. The van der Waals surface area contributed by atoms with E-state index in [1.807, 2.05) is 0 Å². The van der Waals surface area contributed by atoms with Crippen LogP contribution in [-0.2, 0) is 9.53 Å². The summed E-state index contributed by atoms with van der Waals surface area (Å²) in [6, 6.07) is 3.58. The van der Waals surface area contributed by atoms with Crippen LogP contribution in [0, 0.1) is 10.1 Å². The van der Waals surface area contributed by atoms with Crippen molar-refractivity contribution in [3.63, 3.8) is 0 Å². The number of nitro benzene ring substituents is 1. The first-order valence-corrected chi connectivity index (χ1v) is 5.43. The lowest BCUT2D eigenvalue weighted by atomic mass is 10.1. The summed E-state index contributed by atoms with van der Waals surface area (Å²) in [5, 5.41) is 13.2. The van der Waals surface area contributed by atoms with Crippen molar-refractivity contribution >= 4 is 23.3 Å². The topological polar surface area (TPSA) is 125 Å². The van der Waals surface area contributed by atoms with Gasteiger partial charge in [0, 0.05) is 17.8 Å². The Morgan fingerprint density at radius 3 is 2.68 bits per heavy atom. The largest absolute Gasteiger partial charge is 0.465 e. The highest BCUT2D eigenvalue weighted by Crippen LogP contribution is 2.21. The number of carbonyl (C=O) groups excluding carboxylic acids is 2. The minimum absolute atomic E-state index is 0.0569. The van der Waals surface area contributed by atoms with E-state index in [2.05, 4.69) is 5.32 Å². The van der Waals surface area contributed by atoms with E-state index >= 15 is 0 Å². The van der Waals surface area contributed by atoms with E-state index in [0.29, 0.717) is 0 Å². The molecule has 0 bridgehead atoms. The van der Waals surface area contributed by atoms with Crippen molar-refractivity contribution in [2.45, 2.75) is 6.92 Å².